The number of methoxy groups -OCH3 is 1. The number of cyclic esters (lactones) is 1. The van der Waals surface area contributed by atoms with E-state index >= 15 is 0 Å². The molecule has 12 nitrogen and oxygen atoms in total. The van der Waals surface area contributed by atoms with E-state index in [4.69, 9.17) is 23.7 Å². The lowest BCUT2D eigenvalue weighted by molar-refractivity contribution is -0.151. The molecule has 0 radical (unpaired) electrons. The summed E-state index contributed by atoms with van der Waals surface area (Å²) in [6.07, 6.45) is 1.000. The van der Waals surface area contributed by atoms with Gasteiger partial charge in [-0.25, -0.2) is 4.79 Å². The lowest BCUT2D eigenvalue weighted by Gasteiger charge is -2.60. The number of benzene rings is 2. The second-order valence-corrected chi connectivity index (χ2v) is 15.0. The van der Waals surface area contributed by atoms with Gasteiger partial charge in [0.15, 0.2) is 23.0 Å². The fourth-order valence-corrected chi connectivity index (χ4v) is 9.95. The van der Waals surface area contributed by atoms with Gasteiger partial charge in [0.05, 0.1) is 24.4 Å². The summed E-state index contributed by atoms with van der Waals surface area (Å²) in [6, 6.07) is 0.278. The monoisotopic (exact) mass is 681 g/mol. The number of carbonyl (C=O) groups excluding carboxylic acids is 3. The number of ether oxygens (including phenoxy) is 5. The summed E-state index contributed by atoms with van der Waals surface area (Å²) in [4.78, 5) is 43.9. The number of esters is 2. The van der Waals surface area contributed by atoms with E-state index in [9.17, 15) is 19.5 Å². The van der Waals surface area contributed by atoms with Crippen LogP contribution in [0.2, 0.25) is 0 Å². The van der Waals surface area contributed by atoms with Gasteiger partial charge in [-0.05, 0) is 44.4 Å². The van der Waals surface area contributed by atoms with E-state index in [-0.39, 0.29) is 66.5 Å². The molecule has 5 heterocycles. The normalized spacial score (nSPS) is 27.5. The maximum Gasteiger partial charge on any atom is 0.329 e. The maximum absolute atomic E-state index is 13.6. The van der Waals surface area contributed by atoms with Crippen LogP contribution in [-0.2, 0) is 25.5 Å². The van der Waals surface area contributed by atoms with Gasteiger partial charge >= 0.3 is 11.9 Å². The molecule has 6 atom stereocenters. The van der Waals surface area contributed by atoms with Crippen molar-refractivity contribution in [3.05, 3.63) is 39.4 Å². The Morgan fingerprint density at radius 3 is 2.58 bits per heavy atom. The molecule has 1 unspecified atom stereocenters. The number of phenolic OH excluding ortho intramolecular Hbond substituents is 1. The molecule has 13 heteroatoms. The molecule has 5 aliphatic rings. The first kappa shape index (κ1) is 32.8. The van der Waals surface area contributed by atoms with Gasteiger partial charge in [-0.3, -0.25) is 19.4 Å². The van der Waals surface area contributed by atoms with Crippen molar-refractivity contribution < 1.29 is 43.2 Å². The highest BCUT2D eigenvalue weighted by molar-refractivity contribution is 7.99. The predicted octanol–water partition coefficient (Wildman–Crippen LogP) is 3.87. The van der Waals surface area contributed by atoms with E-state index in [1.165, 1.54) is 18.7 Å². The first-order valence-corrected chi connectivity index (χ1v) is 17.5. The van der Waals surface area contributed by atoms with E-state index in [1.807, 2.05) is 27.7 Å². The molecule has 7 rings (SSSR count). The molecule has 2 fully saturated rings. The van der Waals surface area contributed by atoms with Crippen LogP contribution in [0.1, 0.15) is 77.9 Å². The second-order valence-electron chi connectivity index (χ2n) is 13.9. The standard InChI is InChI=1S/C35H43N3O9S/c1-15(2)8-23(40)36-21-13-48-34-26-25(33-32(45-14-46-33)17(4)31(26)47-18(5)39)22(12-44-35(21)42)38-11-20-10-19-9-16(3)30(43-7)29(41)24(19)27(28(34)38)37(20)6/h9,15,20-22,27-28,34,41H,8,10-14H2,1-7H3,(H,36,40)/t20-,21-,22-,27+,28?,34+/m0/s1. The number of thioether (sulfide) groups is 1. The van der Waals surface area contributed by atoms with Crippen molar-refractivity contribution in [2.75, 3.05) is 39.9 Å². The molecular weight excluding hydrogens is 638 g/mol. The molecule has 2 N–H and O–H groups in total. The predicted molar refractivity (Wildman–Crippen MR) is 177 cm³/mol. The van der Waals surface area contributed by atoms with Gasteiger partial charge in [0.25, 0.3) is 0 Å². The first-order valence-electron chi connectivity index (χ1n) is 16.5. The third-order valence-corrected chi connectivity index (χ3v) is 11.7. The van der Waals surface area contributed by atoms with Crippen LogP contribution >= 0.6 is 11.8 Å². The molecular formula is C35H43N3O9S. The van der Waals surface area contributed by atoms with Crippen molar-refractivity contribution in [1.29, 1.82) is 0 Å². The highest BCUT2D eigenvalue weighted by Crippen LogP contribution is 2.63. The number of aryl methyl sites for hydroxylation is 1. The Balaban J connectivity index is 1.45. The molecule has 1 amide bonds. The van der Waals surface area contributed by atoms with Gasteiger partial charge in [-0.2, -0.15) is 0 Å². The van der Waals surface area contributed by atoms with Gasteiger partial charge in [-0.15, -0.1) is 11.8 Å². The first-order chi connectivity index (χ1) is 22.9. The van der Waals surface area contributed by atoms with E-state index in [1.54, 1.807) is 7.11 Å². The Hall–Kier alpha value is -3.68. The zero-order valence-corrected chi connectivity index (χ0v) is 29.2. The molecule has 0 spiro atoms. The fourth-order valence-electron chi connectivity index (χ4n) is 8.42. The molecule has 2 aromatic rings. The summed E-state index contributed by atoms with van der Waals surface area (Å²) in [5, 5.41) is 14.4. The second kappa shape index (κ2) is 12.3. The minimum atomic E-state index is -0.881. The van der Waals surface area contributed by atoms with Gasteiger partial charge in [0.1, 0.15) is 18.4 Å². The quantitative estimate of drug-likeness (QED) is 0.350. The number of hydrogen-bond acceptors (Lipinski definition) is 12. The zero-order chi connectivity index (χ0) is 34.2. The summed E-state index contributed by atoms with van der Waals surface area (Å²) >= 11 is 1.51. The van der Waals surface area contributed by atoms with Crippen molar-refractivity contribution in [2.45, 2.75) is 82.9 Å². The Morgan fingerprint density at radius 1 is 1.12 bits per heavy atom. The lowest BCUT2D eigenvalue weighted by Crippen LogP contribution is -2.65. The van der Waals surface area contributed by atoms with Crippen LogP contribution in [0.4, 0.5) is 0 Å². The average molecular weight is 682 g/mol. The van der Waals surface area contributed by atoms with Gasteiger partial charge in [0, 0.05) is 60.0 Å². The zero-order valence-electron chi connectivity index (χ0n) is 28.4. The topological polar surface area (TPSA) is 136 Å². The molecule has 2 saturated heterocycles. The molecule has 48 heavy (non-hydrogen) atoms. The Bertz CT molecular complexity index is 1700. The van der Waals surface area contributed by atoms with Crippen LogP contribution in [0, 0.1) is 19.8 Å². The van der Waals surface area contributed by atoms with Gasteiger partial charge in [-0.1, -0.05) is 19.9 Å². The molecule has 0 aliphatic carbocycles. The molecule has 0 aromatic heterocycles. The van der Waals surface area contributed by atoms with Crippen LogP contribution < -0.4 is 24.3 Å². The van der Waals surface area contributed by atoms with Crippen LogP contribution in [-0.4, -0.2) is 90.7 Å². The number of piperazine rings is 1. The highest BCUT2D eigenvalue weighted by atomic mass is 32.2. The lowest BCUT2D eigenvalue weighted by atomic mass is 9.73. The number of fused-ring (bicyclic) bond motifs is 9. The van der Waals surface area contributed by atoms with E-state index in [0.29, 0.717) is 35.1 Å². The Morgan fingerprint density at radius 2 is 1.88 bits per heavy atom. The highest BCUT2D eigenvalue weighted by Gasteiger charge is 2.57. The number of nitrogens with one attached hydrogen (secondary N) is 1. The largest absolute Gasteiger partial charge is 0.504 e. The number of hydrogen-bond donors (Lipinski definition) is 2. The molecule has 5 aliphatic heterocycles. The number of aromatic hydroxyl groups is 1. The third kappa shape index (κ3) is 5.16. The summed E-state index contributed by atoms with van der Waals surface area (Å²) < 4.78 is 29.9. The van der Waals surface area contributed by atoms with Crippen LogP contribution in [0.15, 0.2) is 6.07 Å². The van der Waals surface area contributed by atoms with E-state index in [2.05, 4.69) is 28.2 Å². The van der Waals surface area contributed by atoms with E-state index in [0.717, 1.165) is 34.2 Å². The maximum atomic E-state index is 13.6. The number of amides is 1. The molecule has 0 saturated carbocycles. The number of nitrogens with zero attached hydrogens (tertiary/aromatic N) is 2. The fraction of sp³-hybridized carbons (Fsp3) is 0.571. The summed E-state index contributed by atoms with van der Waals surface area (Å²) in [6.45, 7) is 9.72. The number of likely N-dealkylation sites (N-methyl/N-ethyl adjacent to an activating group) is 1. The van der Waals surface area contributed by atoms with Crippen molar-refractivity contribution >= 4 is 29.6 Å². The minimum Gasteiger partial charge on any atom is -0.504 e. The average Bonchev–Trinajstić information content (AvgIpc) is 3.50. The molecule has 2 aromatic carbocycles. The van der Waals surface area contributed by atoms with Crippen LogP contribution in [0.3, 0.4) is 0 Å². The van der Waals surface area contributed by atoms with Crippen molar-refractivity contribution in [3.63, 3.8) is 0 Å². The van der Waals surface area contributed by atoms with Gasteiger partial charge < -0.3 is 34.1 Å². The Labute approximate surface area is 284 Å². The van der Waals surface area contributed by atoms with E-state index < -0.39 is 24.0 Å². The number of rotatable bonds is 5. The molecule has 258 valence electrons. The number of carbonyl (C=O) groups is 3. The summed E-state index contributed by atoms with van der Waals surface area (Å²) in [7, 11) is 3.65. The minimum absolute atomic E-state index is 0.0121. The smallest absolute Gasteiger partial charge is 0.329 e. The third-order valence-electron chi connectivity index (χ3n) is 10.3. The number of phenols is 1. The SMILES string of the molecule is COc1c(C)cc2c(c1O)[C@@H]1C3[C@@H]4SC[C@H](NC(=O)CC(C)C)C(=O)OC[C@@H](c5c6c(c(C)c(OC(C)=O)c54)OCO6)N3C[C@H](C2)N1C. The van der Waals surface area contributed by atoms with Crippen molar-refractivity contribution in [1.82, 2.24) is 15.1 Å². The summed E-state index contributed by atoms with van der Waals surface area (Å²) in [5.74, 6) is 1.19. The summed E-state index contributed by atoms with van der Waals surface area (Å²) in [5.41, 5.74) is 4.96. The van der Waals surface area contributed by atoms with Crippen LogP contribution in [0.5, 0.6) is 28.7 Å². The van der Waals surface area contributed by atoms with Crippen LogP contribution in [0.25, 0.3) is 0 Å². The van der Waals surface area contributed by atoms with Crippen molar-refractivity contribution in [3.8, 4) is 28.7 Å². The molecule has 4 bridgehead atoms. The van der Waals surface area contributed by atoms with Crippen molar-refractivity contribution in [2.24, 2.45) is 5.92 Å². The Kier molecular flexibility index (Phi) is 8.44. The van der Waals surface area contributed by atoms with Gasteiger partial charge in [0.2, 0.25) is 12.7 Å².